The van der Waals surface area contributed by atoms with Crippen molar-refractivity contribution < 1.29 is 0 Å². The van der Waals surface area contributed by atoms with E-state index in [1.165, 1.54) is 27.2 Å². The molecular formula is C50H31N3O. The van der Waals surface area contributed by atoms with Crippen LogP contribution in [-0.4, -0.2) is 14.1 Å². The quantitative estimate of drug-likeness (QED) is 0.173. The van der Waals surface area contributed by atoms with E-state index in [4.69, 9.17) is 4.98 Å². The Bertz CT molecular complexity index is 3340. The van der Waals surface area contributed by atoms with Crippen molar-refractivity contribution in [2.45, 2.75) is 0 Å². The van der Waals surface area contributed by atoms with Gasteiger partial charge in [-0.05, 0) is 105 Å². The van der Waals surface area contributed by atoms with Crippen molar-refractivity contribution in [2.75, 3.05) is 0 Å². The van der Waals surface area contributed by atoms with Crippen LogP contribution in [0.5, 0.6) is 0 Å². The zero-order valence-electron chi connectivity index (χ0n) is 29.1. The van der Waals surface area contributed by atoms with Gasteiger partial charge in [-0.2, -0.15) is 0 Å². The second-order valence-electron chi connectivity index (χ2n) is 13.9. The molecule has 0 bridgehead atoms. The lowest BCUT2D eigenvalue weighted by Crippen LogP contribution is -2.20. The molecule has 0 aliphatic heterocycles. The molecule has 0 unspecified atom stereocenters. The van der Waals surface area contributed by atoms with Gasteiger partial charge in [-0.3, -0.25) is 9.36 Å². The Morgan fingerprint density at radius 3 is 1.65 bits per heavy atom. The molecule has 0 N–H and O–H groups in total. The predicted octanol–water partition coefficient (Wildman–Crippen LogP) is 12.3. The zero-order valence-corrected chi connectivity index (χ0v) is 29.1. The van der Waals surface area contributed by atoms with Crippen LogP contribution in [-0.2, 0) is 0 Å². The first kappa shape index (κ1) is 30.3. The molecule has 0 aliphatic rings. The number of nitrogens with zero attached hydrogens (tertiary/aromatic N) is 3. The second kappa shape index (κ2) is 11.9. The molecule has 54 heavy (non-hydrogen) atoms. The summed E-state index contributed by atoms with van der Waals surface area (Å²) >= 11 is 0. The molecule has 0 spiro atoms. The molecule has 0 amide bonds. The highest BCUT2D eigenvalue weighted by Gasteiger charge is 2.18. The van der Waals surface area contributed by atoms with Crippen molar-refractivity contribution in [1.29, 1.82) is 0 Å². The van der Waals surface area contributed by atoms with E-state index >= 15 is 0 Å². The maximum Gasteiger partial charge on any atom is 0.282 e. The van der Waals surface area contributed by atoms with Gasteiger partial charge in [0, 0.05) is 38.5 Å². The summed E-state index contributed by atoms with van der Waals surface area (Å²) in [5.41, 5.74) is 9.60. The van der Waals surface area contributed by atoms with Crippen LogP contribution < -0.4 is 5.56 Å². The Hall–Kier alpha value is -7.30. The summed E-state index contributed by atoms with van der Waals surface area (Å²) < 4.78 is 4.13. The summed E-state index contributed by atoms with van der Waals surface area (Å²) in [5.74, 6) is 0. The molecule has 0 saturated carbocycles. The van der Waals surface area contributed by atoms with Gasteiger partial charge in [-0.25, -0.2) is 4.98 Å². The fraction of sp³-hybridized carbons (Fsp3) is 0. The normalized spacial score (nSPS) is 11.8. The monoisotopic (exact) mass is 689 g/mol. The van der Waals surface area contributed by atoms with Gasteiger partial charge < -0.3 is 4.57 Å². The minimum Gasteiger partial charge on any atom is -0.309 e. The summed E-state index contributed by atoms with van der Waals surface area (Å²) in [7, 11) is 0. The first-order valence-electron chi connectivity index (χ1n) is 18.3. The Kier molecular flexibility index (Phi) is 6.67. The number of fused-ring (bicyclic) bond motifs is 9. The first-order valence-corrected chi connectivity index (χ1v) is 18.3. The van der Waals surface area contributed by atoms with E-state index in [1.807, 2.05) is 48.5 Å². The summed E-state index contributed by atoms with van der Waals surface area (Å²) in [5, 5.41) is 8.84. The van der Waals surface area contributed by atoms with E-state index in [1.54, 1.807) is 4.57 Å². The highest BCUT2D eigenvalue weighted by molar-refractivity contribution is 6.16. The fourth-order valence-corrected chi connectivity index (χ4v) is 8.44. The number of aromatic nitrogens is 3. The maximum atomic E-state index is 14.4. The van der Waals surface area contributed by atoms with Crippen molar-refractivity contribution in [2.24, 2.45) is 0 Å². The molecule has 0 saturated heterocycles. The average Bonchev–Trinajstić information content (AvgIpc) is 3.57. The van der Waals surface area contributed by atoms with E-state index in [2.05, 4.69) is 144 Å². The summed E-state index contributed by atoms with van der Waals surface area (Å²) in [4.78, 5) is 19.5. The molecule has 8 aromatic carbocycles. The second-order valence-corrected chi connectivity index (χ2v) is 13.9. The number of benzene rings is 8. The van der Waals surface area contributed by atoms with Crippen molar-refractivity contribution in [3.05, 3.63) is 198 Å². The van der Waals surface area contributed by atoms with E-state index in [0.717, 1.165) is 66.2 Å². The van der Waals surface area contributed by atoms with Crippen LogP contribution in [0.1, 0.15) is 0 Å². The molecule has 11 rings (SSSR count). The van der Waals surface area contributed by atoms with Gasteiger partial charge in [0.05, 0.1) is 22.2 Å². The lowest BCUT2D eigenvalue weighted by molar-refractivity contribution is 1.05. The number of hydrogen-bond acceptors (Lipinski definition) is 2. The minimum absolute atomic E-state index is 0.131. The van der Waals surface area contributed by atoms with Gasteiger partial charge in [0.2, 0.25) is 0 Å². The van der Waals surface area contributed by atoms with Gasteiger partial charge in [0.25, 0.3) is 5.56 Å². The number of pyridine rings is 2. The predicted molar refractivity (Wildman–Crippen MR) is 225 cm³/mol. The average molecular weight is 690 g/mol. The third kappa shape index (κ3) is 4.57. The molecule has 252 valence electrons. The highest BCUT2D eigenvalue weighted by atomic mass is 16.1. The van der Waals surface area contributed by atoms with Crippen molar-refractivity contribution >= 4 is 65.2 Å². The van der Waals surface area contributed by atoms with Gasteiger partial charge in [0.1, 0.15) is 5.52 Å². The molecule has 3 heterocycles. The van der Waals surface area contributed by atoms with Crippen molar-refractivity contribution in [1.82, 2.24) is 14.1 Å². The molecule has 4 nitrogen and oxygen atoms in total. The Balaban J connectivity index is 1.12. The van der Waals surface area contributed by atoms with E-state index in [-0.39, 0.29) is 5.56 Å². The Morgan fingerprint density at radius 1 is 0.370 bits per heavy atom. The smallest absolute Gasteiger partial charge is 0.282 e. The van der Waals surface area contributed by atoms with Crippen LogP contribution in [0.25, 0.3) is 98.9 Å². The fourth-order valence-electron chi connectivity index (χ4n) is 8.44. The van der Waals surface area contributed by atoms with Gasteiger partial charge in [-0.15, -0.1) is 0 Å². The maximum absolute atomic E-state index is 14.4. The van der Waals surface area contributed by atoms with E-state index < -0.39 is 0 Å². The molecule has 0 aliphatic carbocycles. The molecule has 11 aromatic rings. The Morgan fingerprint density at radius 2 is 0.907 bits per heavy atom. The third-order valence-corrected chi connectivity index (χ3v) is 10.9. The van der Waals surface area contributed by atoms with Crippen LogP contribution in [0.2, 0.25) is 0 Å². The van der Waals surface area contributed by atoms with E-state index in [9.17, 15) is 4.79 Å². The molecule has 0 atom stereocenters. The molecule has 4 heteroatoms. The lowest BCUT2D eigenvalue weighted by atomic mass is 9.92. The number of hydrogen-bond donors (Lipinski definition) is 0. The number of rotatable bonds is 4. The van der Waals surface area contributed by atoms with Crippen LogP contribution in [0, 0.1) is 0 Å². The van der Waals surface area contributed by atoms with Crippen molar-refractivity contribution in [3.63, 3.8) is 0 Å². The first-order chi connectivity index (χ1) is 26.7. The standard InChI is InChI=1S/C50H31N3O/c54-50-49-41(39-19-9-12-22-47(39)53(50)36-16-5-2-6-17-36)26-27-45(51-49)43-31-34-13-7-8-18-37(34)42-29-32(23-25-38(42)43)33-24-28-48-44(30-33)40-20-10-11-21-46(40)52(48)35-14-3-1-4-15-35/h1-31H. The van der Waals surface area contributed by atoms with Gasteiger partial charge in [0.15, 0.2) is 0 Å². The van der Waals surface area contributed by atoms with Gasteiger partial charge in [-0.1, -0.05) is 115 Å². The topological polar surface area (TPSA) is 39.8 Å². The van der Waals surface area contributed by atoms with E-state index in [0.29, 0.717) is 5.52 Å². The van der Waals surface area contributed by atoms with Crippen LogP contribution in [0.3, 0.4) is 0 Å². The molecule has 0 fully saturated rings. The van der Waals surface area contributed by atoms with Crippen molar-refractivity contribution in [3.8, 4) is 33.8 Å². The SMILES string of the molecule is O=c1c2nc(-c3cc4ccccc4c4cc(-c5ccc6c(c5)c5ccccc5n6-c5ccccc5)ccc34)ccc2c2ccccc2n1-c1ccccc1. The third-order valence-electron chi connectivity index (χ3n) is 10.9. The zero-order chi connectivity index (χ0) is 35.8. The summed E-state index contributed by atoms with van der Waals surface area (Å²) in [6.45, 7) is 0. The van der Waals surface area contributed by atoms with Crippen LogP contribution in [0.4, 0.5) is 0 Å². The van der Waals surface area contributed by atoms with Crippen LogP contribution >= 0.6 is 0 Å². The molecule has 3 aromatic heterocycles. The van der Waals surface area contributed by atoms with Crippen LogP contribution in [0.15, 0.2) is 193 Å². The molecular weight excluding hydrogens is 659 g/mol. The molecule has 0 radical (unpaired) electrons. The Labute approximate surface area is 310 Å². The highest BCUT2D eigenvalue weighted by Crippen LogP contribution is 2.39. The largest absolute Gasteiger partial charge is 0.309 e. The van der Waals surface area contributed by atoms with Gasteiger partial charge >= 0.3 is 0 Å². The lowest BCUT2D eigenvalue weighted by Gasteiger charge is -2.15. The minimum atomic E-state index is -0.131. The summed E-state index contributed by atoms with van der Waals surface area (Å²) in [6.07, 6.45) is 0. The summed E-state index contributed by atoms with van der Waals surface area (Å²) in [6, 6.07) is 65.6. The number of para-hydroxylation sites is 4.